The van der Waals surface area contributed by atoms with E-state index in [0.717, 1.165) is 55.2 Å². The molecule has 3 aromatic heterocycles. The second kappa shape index (κ2) is 16.9. The first-order chi connectivity index (χ1) is 29.8. The fourth-order valence-corrected chi connectivity index (χ4v) is 11.2. The summed E-state index contributed by atoms with van der Waals surface area (Å²) in [5.41, 5.74) is 1.76. The van der Waals surface area contributed by atoms with E-state index in [2.05, 4.69) is 29.2 Å². The number of carbonyl (C=O) groups is 4. The molecule has 62 heavy (non-hydrogen) atoms. The van der Waals surface area contributed by atoms with Crippen molar-refractivity contribution < 1.29 is 41.5 Å². The standard InChI is InChI=1S/C44H53N7O9S2/c1-24(2)32-23-61-40(45-32)37-47-35-30-18-15-25(3)19-34(30)60-36(35)39(48-37)58-28-20-33-38(52)49-44(42(54)50-62(56,57)29-16-17-29)21-26(44)11-7-5-4-6-8-14-31(41(53)51(33)22-28)46-43(55)59-27-12-9-10-13-27/h7,11,15,18-19,23-24,26-29,31,33H,4-6,8-10,12-14,16-17,20-22H2,1-3H3,(H,46,55)(H,49,52)(H,50,54)/b11-7-/t26-,28+,31-,33-,44+/m0/s1. The Bertz CT molecular complexity index is 2540. The number of allylic oxidation sites excluding steroid dienone is 1. The summed E-state index contributed by atoms with van der Waals surface area (Å²) in [6.45, 7) is 6.00. The molecule has 2 aliphatic heterocycles. The van der Waals surface area contributed by atoms with Crippen molar-refractivity contribution >= 4 is 67.2 Å². The van der Waals surface area contributed by atoms with Crippen molar-refractivity contribution in [3.05, 3.63) is 47.0 Å². The second-order valence-corrected chi connectivity index (χ2v) is 20.7. The molecular weight excluding hydrogens is 835 g/mol. The minimum Gasteiger partial charge on any atom is -0.470 e. The second-order valence-electron chi connectivity index (χ2n) is 17.9. The quantitative estimate of drug-likeness (QED) is 0.158. The molecule has 0 radical (unpaired) electrons. The van der Waals surface area contributed by atoms with Gasteiger partial charge in [-0.05, 0) is 94.7 Å². The number of sulfonamides is 1. The van der Waals surface area contributed by atoms with Gasteiger partial charge >= 0.3 is 6.09 Å². The number of hydrogen-bond acceptors (Lipinski definition) is 13. The predicted molar refractivity (Wildman–Crippen MR) is 231 cm³/mol. The van der Waals surface area contributed by atoms with Gasteiger partial charge in [-0.3, -0.25) is 19.1 Å². The summed E-state index contributed by atoms with van der Waals surface area (Å²) in [4.78, 5) is 72.6. The molecule has 1 aromatic carbocycles. The molecule has 3 N–H and O–H groups in total. The number of aryl methyl sites for hydroxylation is 1. The fraction of sp³-hybridized carbons (Fsp3) is 0.568. The number of ether oxygens (including phenoxy) is 2. The highest BCUT2D eigenvalue weighted by molar-refractivity contribution is 7.91. The van der Waals surface area contributed by atoms with Crippen LogP contribution in [-0.4, -0.2) is 93.7 Å². The Morgan fingerprint density at radius 1 is 1.02 bits per heavy atom. The molecule has 5 aliphatic rings. The maximum Gasteiger partial charge on any atom is 0.408 e. The molecule has 1 saturated heterocycles. The van der Waals surface area contributed by atoms with E-state index >= 15 is 0 Å². The van der Waals surface area contributed by atoms with Crippen molar-refractivity contribution in [2.45, 2.75) is 145 Å². The first kappa shape index (κ1) is 42.2. The summed E-state index contributed by atoms with van der Waals surface area (Å²) in [6, 6.07) is 3.63. The Balaban J connectivity index is 1.06. The van der Waals surface area contributed by atoms with Crippen LogP contribution in [0.25, 0.3) is 32.9 Å². The zero-order valence-corrected chi connectivity index (χ0v) is 36.8. The molecule has 9 rings (SSSR count). The van der Waals surface area contributed by atoms with Crippen molar-refractivity contribution in [1.29, 1.82) is 0 Å². The predicted octanol–water partition coefficient (Wildman–Crippen LogP) is 6.32. The number of benzene rings is 1. The number of rotatable bonds is 9. The van der Waals surface area contributed by atoms with E-state index in [4.69, 9.17) is 28.8 Å². The molecule has 0 bridgehead atoms. The summed E-state index contributed by atoms with van der Waals surface area (Å²) in [5, 5.41) is 8.43. The molecule has 4 aromatic rings. The van der Waals surface area contributed by atoms with Crippen LogP contribution in [0.3, 0.4) is 0 Å². The zero-order valence-electron chi connectivity index (χ0n) is 35.2. The van der Waals surface area contributed by atoms with Gasteiger partial charge in [-0.25, -0.2) is 23.2 Å². The number of thiazole rings is 1. The highest BCUT2D eigenvalue weighted by Crippen LogP contribution is 2.46. The molecule has 4 fully saturated rings. The van der Waals surface area contributed by atoms with Crippen molar-refractivity contribution in [1.82, 2.24) is 35.2 Å². The third-order valence-corrected chi connectivity index (χ3v) is 15.4. The van der Waals surface area contributed by atoms with Gasteiger partial charge in [-0.15, -0.1) is 11.3 Å². The summed E-state index contributed by atoms with van der Waals surface area (Å²) in [6.07, 6.45) is 9.84. The number of amides is 4. The van der Waals surface area contributed by atoms with Crippen LogP contribution in [-0.2, 0) is 29.1 Å². The molecule has 0 unspecified atom stereocenters. The average molecular weight is 888 g/mol. The molecule has 18 heteroatoms. The lowest BCUT2D eigenvalue weighted by Gasteiger charge is -2.30. The molecule has 330 valence electrons. The summed E-state index contributed by atoms with van der Waals surface area (Å²) in [7, 11) is -3.92. The fourth-order valence-electron chi connectivity index (χ4n) is 8.89. The number of alkyl carbamates (subject to hydrolysis) is 1. The number of fused-ring (bicyclic) bond motifs is 5. The average Bonchev–Trinajstić information content (AvgIpc) is 3.87. The number of aromatic nitrogens is 3. The van der Waals surface area contributed by atoms with Gasteiger partial charge in [-0.2, -0.15) is 4.98 Å². The number of nitrogens with one attached hydrogen (secondary N) is 3. The van der Waals surface area contributed by atoms with Gasteiger partial charge in [0.25, 0.3) is 11.8 Å². The molecule has 0 spiro atoms. The van der Waals surface area contributed by atoms with Crippen LogP contribution >= 0.6 is 11.3 Å². The molecule has 4 amide bonds. The maximum absolute atomic E-state index is 14.8. The first-order valence-electron chi connectivity index (χ1n) is 21.9. The summed E-state index contributed by atoms with van der Waals surface area (Å²) >= 11 is 1.42. The van der Waals surface area contributed by atoms with Gasteiger partial charge in [0, 0.05) is 23.1 Å². The van der Waals surface area contributed by atoms with E-state index in [0.29, 0.717) is 59.6 Å². The van der Waals surface area contributed by atoms with E-state index in [1.54, 1.807) is 0 Å². The van der Waals surface area contributed by atoms with Crippen LogP contribution in [0.1, 0.15) is 114 Å². The van der Waals surface area contributed by atoms with Crippen LogP contribution in [0.5, 0.6) is 5.88 Å². The molecule has 3 aliphatic carbocycles. The molecule has 5 heterocycles. The van der Waals surface area contributed by atoms with Gasteiger partial charge in [0.2, 0.25) is 27.4 Å². The Hall–Kier alpha value is -5.10. The minimum atomic E-state index is -3.92. The van der Waals surface area contributed by atoms with E-state index in [1.807, 2.05) is 42.7 Å². The van der Waals surface area contributed by atoms with E-state index in [9.17, 15) is 27.6 Å². The number of carbonyl (C=O) groups excluding carboxylic acids is 4. The van der Waals surface area contributed by atoms with E-state index in [-0.39, 0.29) is 37.3 Å². The Morgan fingerprint density at radius 2 is 1.81 bits per heavy atom. The third kappa shape index (κ3) is 8.64. The summed E-state index contributed by atoms with van der Waals surface area (Å²) in [5.74, 6) is -1.75. The van der Waals surface area contributed by atoms with Crippen molar-refractivity contribution in [2.24, 2.45) is 5.92 Å². The van der Waals surface area contributed by atoms with Crippen LogP contribution in [0.2, 0.25) is 0 Å². The molecule has 16 nitrogen and oxygen atoms in total. The van der Waals surface area contributed by atoms with Crippen LogP contribution in [0.15, 0.2) is 40.1 Å². The third-order valence-electron chi connectivity index (χ3n) is 12.7. The molecular formula is C44H53N7O9S2. The lowest BCUT2D eigenvalue weighted by Crippen LogP contribution is -2.58. The van der Waals surface area contributed by atoms with Crippen LogP contribution < -0.4 is 20.1 Å². The zero-order chi connectivity index (χ0) is 43.3. The minimum absolute atomic E-state index is 0.00962. The SMILES string of the molecule is Cc1ccc2c(c1)oc1c(O[C@@H]3C[C@H]4C(=O)N[C@]5(C(=O)NS(=O)(=O)C6CC6)C[C@@H]5/C=C\CCCCC[C@H](NC(=O)OC5CCCC5)C(=O)N4C3)nc(-c3nc(C(C)C)cs3)nc12. The lowest BCUT2D eigenvalue weighted by molar-refractivity contribution is -0.141. The number of nitrogens with zero attached hydrogens (tertiary/aromatic N) is 4. The van der Waals surface area contributed by atoms with Crippen LogP contribution in [0, 0.1) is 12.8 Å². The highest BCUT2D eigenvalue weighted by atomic mass is 32.2. The normalized spacial score (nSPS) is 26.7. The number of hydrogen-bond donors (Lipinski definition) is 3. The maximum atomic E-state index is 14.8. The Morgan fingerprint density at radius 3 is 2.56 bits per heavy atom. The Kier molecular flexibility index (Phi) is 11.5. The number of furan rings is 1. The molecule has 3 saturated carbocycles. The smallest absolute Gasteiger partial charge is 0.408 e. The first-order valence-corrected chi connectivity index (χ1v) is 24.4. The molecule has 5 atom stereocenters. The van der Waals surface area contributed by atoms with E-state index in [1.165, 1.54) is 16.2 Å². The van der Waals surface area contributed by atoms with Crippen molar-refractivity contribution in [3.63, 3.8) is 0 Å². The summed E-state index contributed by atoms with van der Waals surface area (Å²) < 4.78 is 47.0. The van der Waals surface area contributed by atoms with Crippen molar-refractivity contribution in [3.8, 4) is 16.7 Å². The highest BCUT2D eigenvalue weighted by Gasteiger charge is 2.62. The monoisotopic (exact) mass is 887 g/mol. The van der Waals surface area contributed by atoms with Gasteiger partial charge in [0.1, 0.15) is 40.9 Å². The largest absolute Gasteiger partial charge is 0.470 e. The van der Waals surface area contributed by atoms with Gasteiger partial charge in [-0.1, -0.05) is 44.9 Å². The van der Waals surface area contributed by atoms with Gasteiger partial charge in [0.15, 0.2) is 10.8 Å². The Labute approximate surface area is 364 Å². The van der Waals surface area contributed by atoms with Gasteiger partial charge in [0.05, 0.1) is 17.5 Å². The lowest BCUT2D eigenvalue weighted by atomic mass is 10.0. The van der Waals surface area contributed by atoms with Gasteiger partial charge < -0.3 is 29.4 Å². The van der Waals surface area contributed by atoms with Crippen molar-refractivity contribution in [2.75, 3.05) is 6.54 Å². The van der Waals surface area contributed by atoms with E-state index < -0.39 is 68.7 Å². The topological polar surface area (TPSA) is 212 Å². The van der Waals surface area contributed by atoms with Crippen LogP contribution in [0.4, 0.5) is 4.79 Å².